The Bertz CT molecular complexity index is 496. The molecule has 1 aromatic rings. The van der Waals surface area contributed by atoms with E-state index in [-0.39, 0.29) is 0 Å². The lowest BCUT2D eigenvalue weighted by molar-refractivity contribution is -0.0349. The van der Waals surface area contributed by atoms with E-state index in [0.717, 1.165) is 29.4 Å². The molecule has 0 saturated heterocycles. The number of rotatable bonds is 1. The second-order valence-electron chi connectivity index (χ2n) is 6.50. The Labute approximate surface area is 107 Å². The van der Waals surface area contributed by atoms with Gasteiger partial charge in [-0.2, -0.15) is 5.26 Å². The van der Waals surface area contributed by atoms with Crippen LogP contribution in [0.15, 0.2) is 0 Å². The zero-order valence-corrected chi connectivity index (χ0v) is 10.7. The van der Waals surface area contributed by atoms with E-state index in [0.29, 0.717) is 11.7 Å². The molecule has 18 heavy (non-hydrogen) atoms. The van der Waals surface area contributed by atoms with Crippen molar-refractivity contribution in [1.82, 2.24) is 15.0 Å². The lowest BCUT2D eigenvalue weighted by atomic mass is 9.54. The maximum Gasteiger partial charge on any atom is 0.185 e. The predicted molar refractivity (Wildman–Crippen MR) is 65.6 cm³/mol. The largest absolute Gasteiger partial charge is 0.245 e. The van der Waals surface area contributed by atoms with Crippen molar-refractivity contribution in [2.24, 2.45) is 23.7 Å². The van der Waals surface area contributed by atoms with Gasteiger partial charge >= 0.3 is 0 Å². The summed E-state index contributed by atoms with van der Waals surface area (Å²) in [6.07, 6.45) is 6.97. The summed E-state index contributed by atoms with van der Waals surface area (Å²) in [6.45, 7) is 1.99. The van der Waals surface area contributed by atoms with E-state index in [1.165, 1.54) is 32.1 Å². The highest BCUT2D eigenvalue weighted by Crippen LogP contribution is 2.58. The van der Waals surface area contributed by atoms with Crippen LogP contribution < -0.4 is 0 Å². The summed E-state index contributed by atoms with van der Waals surface area (Å²) in [5.41, 5.74) is 1.47. The minimum atomic E-state index is 0.504. The van der Waals surface area contributed by atoms with Gasteiger partial charge in [-0.15, -0.1) is 5.10 Å². The molecule has 0 amide bonds. The van der Waals surface area contributed by atoms with E-state index >= 15 is 0 Å². The molecule has 1 heterocycles. The molecule has 0 spiro atoms. The predicted octanol–water partition coefficient (Wildman–Crippen LogP) is 2.46. The first kappa shape index (κ1) is 10.5. The molecule has 4 nitrogen and oxygen atoms in total. The highest BCUT2D eigenvalue weighted by Gasteiger charge is 2.49. The molecule has 4 bridgehead atoms. The van der Waals surface area contributed by atoms with E-state index < -0.39 is 0 Å². The molecule has 5 rings (SSSR count). The second-order valence-corrected chi connectivity index (χ2v) is 6.50. The van der Waals surface area contributed by atoms with Crippen LogP contribution in [0, 0.1) is 41.9 Å². The van der Waals surface area contributed by atoms with Crippen molar-refractivity contribution in [2.75, 3.05) is 0 Å². The number of aromatic nitrogens is 3. The molecule has 0 N–H and O–H groups in total. The molecular formula is C14H18N4. The number of nitriles is 1. The molecule has 4 saturated carbocycles. The standard InChI is InChI=1S/C14H18N4/c1-8-13(7-15)16-17-18(8)14-11-3-9-2-10(5-11)6-12(14)4-9/h9-12,14H,2-6H2,1H3. The molecule has 4 fully saturated rings. The third-order valence-electron chi connectivity index (χ3n) is 5.49. The fourth-order valence-electron chi connectivity index (χ4n) is 5.02. The molecule has 4 aliphatic carbocycles. The van der Waals surface area contributed by atoms with Crippen LogP contribution in [0.3, 0.4) is 0 Å². The first-order valence-electron chi connectivity index (χ1n) is 7.08. The molecule has 0 aromatic carbocycles. The van der Waals surface area contributed by atoms with Crippen LogP contribution >= 0.6 is 0 Å². The van der Waals surface area contributed by atoms with Crippen LogP contribution in [-0.4, -0.2) is 15.0 Å². The van der Waals surface area contributed by atoms with E-state index in [9.17, 15) is 0 Å². The van der Waals surface area contributed by atoms with Crippen LogP contribution in [0.1, 0.15) is 49.5 Å². The smallest absolute Gasteiger partial charge is 0.185 e. The van der Waals surface area contributed by atoms with Crippen LogP contribution in [-0.2, 0) is 0 Å². The van der Waals surface area contributed by atoms with Crippen molar-refractivity contribution in [3.63, 3.8) is 0 Å². The highest BCUT2D eigenvalue weighted by molar-refractivity contribution is 5.24. The highest BCUT2D eigenvalue weighted by atomic mass is 15.4. The third-order valence-corrected chi connectivity index (χ3v) is 5.49. The fraction of sp³-hybridized carbons (Fsp3) is 0.786. The van der Waals surface area contributed by atoms with Gasteiger partial charge in [0.1, 0.15) is 6.07 Å². The van der Waals surface area contributed by atoms with Crippen molar-refractivity contribution in [3.05, 3.63) is 11.4 Å². The fourth-order valence-corrected chi connectivity index (χ4v) is 5.02. The first-order valence-corrected chi connectivity index (χ1v) is 7.08. The molecule has 0 aliphatic heterocycles. The van der Waals surface area contributed by atoms with Crippen molar-refractivity contribution in [2.45, 2.75) is 45.1 Å². The zero-order chi connectivity index (χ0) is 12.3. The Balaban J connectivity index is 1.73. The lowest BCUT2D eigenvalue weighted by Crippen LogP contribution is -2.46. The van der Waals surface area contributed by atoms with E-state index in [2.05, 4.69) is 21.1 Å². The van der Waals surface area contributed by atoms with Gasteiger partial charge in [0, 0.05) is 0 Å². The van der Waals surface area contributed by atoms with Gasteiger partial charge in [0.15, 0.2) is 5.69 Å². The van der Waals surface area contributed by atoms with Gasteiger partial charge in [-0.1, -0.05) is 5.21 Å². The van der Waals surface area contributed by atoms with E-state index in [1.807, 2.05) is 6.92 Å². The van der Waals surface area contributed by atoms with Crippen molar-refractivity contribution >= 4 is 0 Å². The summed E-state index contributed by atoms with van der Waals surface area (Å²) in [7, 11) is 0. The number of hydrogen-bond acceptors (Lipinski definition) is 3. The van der Waals surface area contributed by atoms with Gasteiger partial charge in [0.25, 0.3) is 0 Å². The SMILES string of the molecule is Cc1c(C#N)nnn1C1C2CC3CC(C2)CC1C3. The molecule has 0 radical (unpaired) electrons. The third kappa shape index (κ3) is 1.31. The Morgan fingerprint density at radius 3 is 2.22 bits per heavy atom. The molecule has 0 unspecified atom stereocenters. The van der Waals surface area contributed by atoms with Gasteiger partial charge in [-0.05, 0) is 62.7 Å². The second kappa shape index (κ2) is 3.57. The monoisotopic (exact) mass is 242 g/mol. The van der Waals surface area contributed by atoms with Crippen LogP contribution in [0.5, 0.6) is 0 Å². The molecule has 1 aromatic heterocycles. The maximum absolute atomic E-state index is 9.02. The summed E-state index contributed by atoms with van der Waals surface area (Å²) in [5.74, 6) is 3.52. The number of nitrogens with zero attached hydrogens (tertiary/aromatic N) is 4. The quantitative estimate of drug-likeness (QED) is 0.760. The normalized spacial score (nSPS) is 41.0. The minimum absolute atomic E-state index is 0.504. The summed E-state index contributed by atoms with van der Waals surface area (Å²) in [6, 6.07) is 2.66. The van der Waals surface area contributed by atoms with Gasteiger partial charge in [0.2, 0.25) is 0 Å². The van der Waals surface area contributed by atoms with Gasteiger partial charge in [-0.25, -0.2) is 4.68 Å². The van der Waals surface area contributed by atoms with E-state index in [1.54, 1.807) is 0 Å². The van der Waals surface area contributed by atoms with E-state index in [4.69, 9.17) is 5.26 Å². The van der Waals surface area contributed by atoms with Crippen LogP contribution in [0.2, 0.25) is 0 Å². The van der Waals surface area contributed by atoms with Gasteiger partial charge < -0.3 is 0 Å². The Morgan fingerprint density at radius 2 is 1.72 bits per heavy atom. The van der Waals surface area contributed by atoms with Gasteiger partial charge in [0.05, 0.1) is 11.7 Å². The van der Waals surface area contributed by atoms with Crippen molar-refractivity contribution in [1.29, 1.82) is 5.26 Å². The topological polar surface area (TPSA) is 54.5 Å². The first-order chi connectivity index (χ1) is 8.76. The molecule has 0 atom stereocenters. The zero-order valence-electron chi connectivity index (χ0n) is 10.7. The van der Waals surface area contributed by atoms with Crippen molar-refractivity contribution in [3.8, 4) is 6.07 Å². The average Bonchev–Trinajstić information content (AvgIpc) is 2.70. The summed E-state index contributed by atoms with van der Waals surface area (Å²) >= 11 is 0. The van der Waals surface area contributed by atoms with Gasteiger partial charge in [-0.3, -0.25) is 0 Å². The van der Waals surface area contributed by atoms with Crippen LogP contribution in [0.25, 0.3) is 0 Å². The Hall–Kier alpha value is -1.37. The minimum Gasteiger partial charge on any atom is -0.245 e. The van der Waals surface area contributed by atoms with Crippen LogP contribution in [0.4, 0.5) is 0 Å². The molecular weight excluding hydrogens is 224 g/mol. The Kier molecular flexibility index (Phi) is 2.09. The summed E-state index contributed by atoms with van der Waals surface area (Å²) in [5, 5.41) is 17.3. The summed E-state index contributed by atoms with van der Waals surface area (Å²) < 4.78 is 2.08. The maximum atomic E-state index is 9.02. The van der Waals surface area contributed by atoms with Crippen molar-refractivity contribution < 1.29 is 0 Å². The molecule has 4 aliphatic rings. The number of hydrogen-bond donors (Lipinski definition) is 0. The average molecular weight is 242 g/mol. The lowest BCUT2D eigenvalue weighted by Gasteiger charge is -2.54. The summed E-state index contributed by atoms with van der Waals surface area (Å²) in [4.78, 5) is 0. The Morgan fingerprint density at radius 1 is 1.11 bits per heavy atom. The molecule has 94 valence electrons. The molecule has 4 heteroatoms.